The Morgan fingerprint density at radius 2 is 2.42 bits per heavy atom. The quantitative estimate of drug-likeness (QED) is 0.644. The van der Waals surface area contributed by atoms with Gasteiger partial charge in [0, 0.05) is 6.07 Å². The van der Waals surface area contributed by atoms with Crippen molar-refractivity contribution >= 4 is 11.5 Å². The van der Waals surface area contributed by atoms with E-state index in [9.17, 15) is 15.2 Å². The van der Waals surface area contributed by atoms with Crippen molar-refractivity contribution in [3.63, 3.8) is 0 Å². The van der Waals surface area contributed by atoms with E-state index in [1.807, 2.05) is 0 Å². The van der Waals surface area contributed by atoms with Crippen LogP contribution in [0.15, 0.2) is 18.3 Å². The predicted molar refractivity (Wildman–Crippen MR) is 72.0 cm³/mol. The molecular weight excluding hydrogens is 246 g/mol. The van der Waals surface area contributed by atoms with Crippen LogP contribution in [0.4, 0.5) is 11.5 Å². The molecule has 1 fully saturated rings. The van der Waals surface area contributed by atoms with Crippen molar-refractivity contribution in [1.29, 1.82) is 0 Å². The molecule has 1 aliphatic rings. The molecule has 0 aliphatic heterocycles. The monoisotopic (exact) mass is 265 g/mol. The summed E-state index contributed by atoms with van der Waals surface area (Å²) in [5.41, 5.74) is 0.393. The van der Waals surface area contributed by atoms with Crippen LogP contribution in [0.5, 0.6) is 0 Å². The minimum absolute atomic E-state index is 0.0638. The van der Waals surface area contributed by atoms with Crippen LogP contribution in [-0.2, 0) is 0 Å². The number of hydrogen-bond donors (Lipinski definition) is 2. The number of aliphatic hydroxyl groups excluding tert-OH is 1. The highest BCUT2D eigenvalue weighted by Gasteiger charge is 2.34. The molecule has 0 saturated heterocycles. The number of hydrogen-bond acceptors (Lipinski definition) is 5. The highest BCUT2D eigenvalue weighted by atomic mass is 16.6. The second-order valence-electron chi connectivity index (χ2n) is 5.43. The highest BCUT2D eigenvalue weighted by Crippen LogP contribution is 2.34. The van der Waals surface area contributed by atoms with Gasteiger partial charge in [-0.15, -0.1) is 0 Å². The van der Waals surface area contributed by atoms with Gasteiger partial charge in [-0.25, -0.2) is 0 Å². The number of nitrogens with one attached hydrogen (secondary N) is 1. The van der Waals surface area contributed by atoms with Crippen LogP contribution < -0.4 is 5.32 Å². The highest BCUT2D eigenvalue weighted by molar-refractivity contribution is 5.46. The van der Waals surface area contributed by atoms with Gasteiger partial charge in [-0.1, -0.05) is 19.8 Å². The van der Waals surface area contributed by atoms with E-state index in [1.165, 1.54) is 18.7 Å². The summed E-state index contributed by atoms with van der Waals surface area (Å²) in [7, 11) is 0. The van der Waals surface area contributed by atoms with Crippen molar-refractivity contribution in [2.75, 3.05) is 11.9 Å². The van der Waals surface area contributed by atoms with Gasteiger partial charge >= 0.3 is 5.82 Å². The zero-order valence-electron chi connectivity index (χ0n) is 11.0. The number of nitrogens with zero attached hydrogens (tertiary/aromatic N) is 2. The zero-order chi connectivity index (χ0) is 13.9. The zero-order valence-corrected chi connectivity index (χ0v) is 11.0. The predicted octanol–water partition coefficient (Wildman–Crippen LogP) is 2.34. The Morgan fingerprint density at radius 1 is 1.63 bits per heavy atom. The van der Waals surface area contributed by atoms with Gasteiger partial charge in [-0.3, -0.25) is 0 Å². The molecule has 6 heteroatoms. The molecule has 0 bridgehead atoms. The second kappa shape index (κ2) is 5.52. The van der Waals surface area contributed by atoms with Crippen LogP contribution in [0.3, 0.4) is 0 Å². The van der Waals surface area contributed by atoms with E-state index in [4.69, 9.17) is 0 Å². The molecule has 2 unspecified atom stereocenters. The smallest absolute Gasteiger partial charge is 0.363 e. The van der Waals surface area contributed by atoms with Crippen LogP contribution in [0.25, 0.3) is 0 Å². The summed E-state index contributed by atoms with van der Waals surface area (Å²) >= 11 is 0. The summed E-state index contributed by atoms with van der Waals surface area (Å²) in [4.78, 5) is 13.8. The molecule has 1 aliphatic carbocycles. The summed E-state index contributed by atoms with van der Waals surface area (Å²) in [5.74, 6) is 0.403. The normalized spacial score (nSPS) is 26.9. The first-order valence-corrected chi connectivity index (χ1v) is 6.54. The molecule has 104 valence electrons. The summed E-state index contributed by atoms with van der Waals surface area (Å²) in [5, 5.41) is 23.5. The van der Waals surface area contributed by atoms with Crippen molar-refractivity contribution < 1.29 is 10.0 Å². The number of rotatable bonds is 4. The number of nitro groups is 1. The third-order valence-corrected chi connectivity index (χ3v) is 3.74. The first-order valence-electron chi connectivity index (χ1n) is 6.54. The van der Waals surface area contributed by atoms with Crippen LogP contribution in [0.2, 0.25) is 0 Å². The minimum Gasteiger partial charge on any atom is -0.394 e. The molecule has 1 aromatic rings. The molecule has 0 spiro atoms. The fourth-order valence-electron chi connectivity index (χ4n) is 2.83. The average molecular weight is 265 g/mol. The van der Waals surface area contributed by atoms with Gasteiger partial charge in [0.15, 0.2) is 6.20 Å². The van der Waals surface area contributed by atoms with E-state index in [0.717, 1.165) is 19.3 Å². The lowest BCUT2D eigenvalue weighted by molar-refractivity contribution is -0.389. The number of aliphatic hydroxyl groups is 1. The van der Waals surface area contributed by atoms with Crippen molar-refractivity contribution in [2.24, 2.45) is 5.92 Å². The van der Waals surface area contributed by atoms with Crippen LogP contribution in [0.1, 0.15) is 32.6 Å². The van der Waals surface area contributed by atoms with Crippen LogP contribution >= 0.6 is 0 Å². The number of pyridine rings is 1. The van der Waals surface area contributed by atoms with Gasteiger partial charge in [-0.2, -0.15) is 0 Å². The Hall–Kier alpha value is -1.69. The molecule has 1 aromatic heterocycles. The molecule has 0 radical (unpaired) electrons. The van der Waals surface area contributed by atoms with E-state index in [2.05, 4.69) is 17.2 Å². The van der Waals surface area contributed by atoms with Gasteiger partial charge in [-0.05, 0) is 34.7 Å². The SMILES string of the molecule is CC1CCCC(CO)(Nc2ccc([N+](=O)[O-])nc2)C1. The molecule has 0 aromatic carbocycles. The fourth-order valence-corrected chi connectivity index (χ4v) is 2.83. The summed E-state index contributed by atoms with van der Waals surface area (Å²) in [6.45, 7) is 2.24. The van der Waals surface area contributed by atoms with E-state index >= 15 is 0 Å². The molecule has 0 amide bonds. The molecule has 2 N–H and O–H groups in total. The Balaban J connectivity index is 2.11. The van der Waals surface area contributed by atoms with Crippen molar-refractivity contribution in [3.8, 4) is 0 Å². The minimum atomic E-state index is -0.520. The molecule has 1 heterocycles. The maximum Gasteiger partial charge on any atom is 0.363 e. The van der Waals surface area contributed by atoms with Crippen molar-refractivity contribution in [1.82, 2.24) is 4.98 Å². The van der Waals surface area contributed by atoms with E-state index in [0.29, 0.717) is 11.6 Å². The Labute approximate surface area is 112 Å². The van der Waals surface area contributed by atoms with Crippen LogP contribution in [-0.4, -0.2) is 27.2 Å². The molecule has 1 saturated carbocycles. The Kier molecular flexibility index (Phi) is 3.99. The van der Waals surface area contributed by atoms with Gasteiger partial charge in [0.2, 0.25) is 0 Å². The lowest BCUT2D eigenvalue weighted by Gasteiger charge is -2.39. The first-order chi connectivity index (χ1) is 9.04. The maximum atomic E-state index is 10.5. The Bertz CT molecular complexity index is 449. The van der Waals surface area contributed by atoms with Gasteiger partial charge in [0.05, 0.1) is 17.8 Å². The molecular formula is C13H19N3O3. The lowest BCUT2D eigenvalue weighted by Crippen LogP contribution is -2.45. The average Bonchev–Trinajstić information content (AvgIpc) is 2.39. The third kappa shape index (κ3) is 3.20. The van der Waals surface area contributed by atoms with Crippen molar-refractivity contribution in [3.05, 3.63) is 28.4 Å². The molecule has 6 nitrogen and oxygen atoms in total. The van der Waals surface area contributed by atoms with E-state index in [-0.39, 0.29) is 18.0 Å². The second-order valence-corrected chi connectivity index (χ2v) is 5.43. The Morgan fingerprint density at radius 3 is 2.95 bits per heavy atom. The lowest BCUT2D eigenvalue weighted by atomic mass is 9.76. The van der Waals surface area contributed by atoms with Crippen LogP contribution in [0, 0.1) is 16.0 Å². The summed E-state index contributed by atoms with van der Waals surface area (Å²) in [6, 6.07) is 3.02. The summed E-state index contributed by atoms with van der Waals surface area (Å²) < 4.78 is 0. The first kappa shape index (κ1) is 13.7. The number of anilines is 1. The largest absolute Gasteiger partial charge is 0.394 e. The van der Waals surface area contributed by atoms with Gasteiger partial charge in [0.25, 0.3) is 0 Å². The van der Waals surface area contributed by atoms with Gasteiger partial charge in [0.1, 0.15) is 0 Å². The third-order valence-electron chi connectivity index (χ3n) is 3.74. The molecule has 2 rings (SSSR count). The fraction of sp³-hybridized carbons (Fsp3) is 0.615. The summed E-state index contributed by atoms with van der Waals surface area (Å²) in [6.07, 6.45) is 5.53. The standard InChI is InChI=1S/C13H19N3O3/c1-10-3-2-6-13(7-10,9-17)15-11-4-5-12(14-8-11)16(18)19/h4-5,8,10,15,17H,2-3,6-7,9H2,1H3. The van der Waals surface area contributed by atoms with E-state index in [1.54, 1.807) is 6.07 Å². The van der Waals surface area contributed by atoms with Crippen molar-refractivity contribution in [2.45, 2.75) is 38.1 Å². The van der Waals surface area contributed by atoms with Gasteiger partial charge < -0.3 is 20.5 Å². The maximum absolute atomic E-state index is 10.5. The molecule has 2 atom stereocenters. The molecule has 19 heavy (non-hydrogen) atoms. The number of aromatic nitrogens is 1. The topological polar surface area (TPSA) is 88.3 Å². The van der Waals surface area contributed by atoms with E-state index < -0.39 is 4.92 Å².